The SMILES string of the molecule is CC[Si](CC)(CC)OC1(C)C(=O)N(C(=O)OC(C)(C)C)C1c1ccccc1. The molecule has 1 aromatic carbocycles. The summed E-state index contributed by atoms with van der Waals surface area (Å²) in [5, 5.41) is 0. The van der Waals surface area contributed by atoms with E-state index >= 15 is 0 Å². The van der Waals surface area contributed by atoms with Crippen LogP contribution in [-0.4, -0.2) is 36.4 Å². The Hall–Kier alpha value is -1.66. The Labute approximate surface area is 164 Å². The van der Waals surface area contributed by atoms with E-state index in [1.54, 1.807) is 20.8 Å². The second kappa shape index (κ2) is 7.76. The summed E-state index contributed by atoms with van der Waals surface area (Å²) < 4.78 is 12.1. The van der Waals surface area contributed by atoms with Gasteiger partial charge in [-0.1, -0.05) is 51.1 Å². The molecule has 0 saturated carbocycles. The van der Waals surface area contributed by atoms with E-state index in [4.69, 9.17) is 9.16 Å². The normalized spacial score (nSPS) is 23.1. The fourth-order valence-electron chi connectivity index (χ4n) is 3.77. The second-order valence-corrected chi connectivity index (χ2v) is 13.1. The molecule has 150 valence electrons. The molecule has 2 atom stereocenters. The fourth-order valence-corrected chi connectivity index (χ4v) is 6.80. The standard InChI is InChI=1S/C21H33NO4Si/c1-8-27(9-2,10-3)26-21(7)17(16-14-12-11-13-15-16)22(18(21)23)19(24)25-20(4,5)6/h11-15,17H,8-10H2,1-7H3. The van der Waals surface area contributed by atoms with Gasteiger partial charge in [0.25, 0.3) is 5.91 Å². The van der Waals surface area contributed by atoms with Gasteiger partial charge in [0.05, 0.1) is 0 Å². The van der Waals surface area contributed by atoms with Crippen molar-refractivity contribution in [3.63, 3.8) is 0 Å². The van der Waals surface area contributed by atoms with E-state index < -0.39 is 31.7 Å². The first-order valence-corrected chi connectivity index (χ1v) is 12.4. The number of ether oxygens (including phenoxy) is 1. The molecule has 1 saturated heterocycles. The van der Waals surface area contributed by atoms with Crippen molar-refractivity contribution < 1.29 is 18.8 Å². The molecule has 27 heavy (non-hydrogen) atoms. The molecule has 6 heteroatoms. The van der Waals surface area contributed by atoms with Crippen molar-refractivity contribution in [3.05, 3.63) is 35.9 Å². The average Bonchev–Trinajstić information content (AvgIpc) is 2.62. The third kappa shape index (κ3) is 4.11. The van der Waals surface area contributed by atoms with Crippen LogP contribution in [0.4, 0.5) is 4.79 Å². The molecule has 0 aromatic heterocycles. The van der Waals surface area contributed by atoms with Crippen LogP contribution in [0.1, 0.15) is 60.1 Å². The highest BCUT2D eigenvalue weighted by atomic mass is 28.4. The molecule has 0 N–H and O–H groups in total. The number of amides is 2. The quantitative estimate of drug-likeness (QED) is 0.489. The number of nitrogens with zero attached hydrogens (tertiary/aromatic N) is 1. The Kier molecular flexibility index (Phi) is 6.22. The lowest BCUT2D eigenvalue weighted by Crippen LogP contribution is -2.72. The number of benzene rings is 1. The molecular weight excluding hydrogens is 358 g/mol. The first-order chi connectivity index (χ1) is 12.5. The summed E-state index contributed by atoms with van der Waals surface area (Å²) >= 11 is 0. The van der Waals surface area contributed by atoms with Crippen LogP contribution >= 0.6 is 0 Å². The van der Waals surface area contributed by atoms with E-state index in [0.717, 1.165) is 23.7 Å². The van der Waals surface area contributed by atoms with Gasteiger partial charge in [0.15, 0.2) is 13.9 Å². The van der Waals surface area contributed by atoms with Crippen LogP contribution in [0.3, 0.4) is 0 Å². The van der Waals surface area contributed by atoms with Crippen molar-refractivity contribution in [1.29, 1.82) is 0 Å². The molecule has 0 bridgehead atoms. The highest BCUT2D eigenvalue weighted by molar-refractivity contribution is 6.73. The van der Waals surface area contributed by atoms with E-state index in [1.807, 2.05) is 37.3 Å². The molecule has 1 heterocycles. The van der Waals surface area contributed by atoms with Crippen molar-refractivity contribution in [2.75, 3.05) is 0 Å². The summed E-state index contributed by atoms with van der Waals surface area (Å²) in [5.41, 5.74) is -0.816. The lowest BCUT2D eigenvalue weighted by Gasteiger charge is -2.55. The average molecular weight is 392 g/mol. The van der Waals surface area contributed by atoms with Crippen LogP contribution in [0.5, 0.6) is 0 Å². The van der Waals surface area contributed by atoms with Gasteiger partial charge < -0.3 is 9.16 Å². The van der Waals surface area contributed by atoms with Gasteiger partial charge in [0, 0.05) is 0 Å². The summed E-state index contributed by atoms with van der Waals surface area (Å²) in [7, 11) is -2.05. The number of hydrogen-bond acceptors (Lipinski definition) is 4. The van der Waals surface area contributed by atoms with Crippen molar-refractivity contribution in [3.8, 4) is 0 Å². The summed E-state index contributed by atoms with van der Waals surface area (Å²) in [6.07, 6.45) is -0.612. The first kappa shape index (κ1) is 21.6. The molecular formula is C21H33NO4Si. The Morgan fingerprint density at radius 3 is 2.07 bits per heavy atom. The molecule has 0 aliphatic carbocycles. The number of carbonyl (C=O) groups is 2. The maximum absolute atomic E-state index is 13.1. The second-order valence-electron chi connectivity index (χ2n) is 8.42. The van der Waals surface area contributed by atoms with Crippen molar-refractivity contribution in [2.24, 2.45) is 0 Å². The minimum absolute atomic E-state index is 0.308. The molecule has 0 spiro atoms. The molecule has 2 unspecified atom stereocenters. The minimum atomic E-state index is -2.05. The molecule has 0 radical (unpaired) electrons. The molecule has 1 aromatic rings. The van der Waals surface area contributed by atoms with E-state index in [0.29, 0.717) is 0 Å². The fraction of sp³-hybridized carbons (Fsp3) is 0.619. The van der Waals surface area contributed by atoms with Crippen LogP contribution in [-0.2, 0) is 14.0 Å². The third-order valence-corrected chi connectivity index (χ3v) is 10.2. The predicted molar refractivity (Wildman–Crippen MR) is 109 cm³/mol. The van der Waals surface area contributed by atoms with Gasteiger partial charge in [-0.3, -0.25) is 4.79 Å². The van der Waals surface area contributed by atoms with Gasteiger partial charge in [-0.2, -0.15) is 0 Å². The molecule has 5 nitrogen and oxygen atoms in total. The number of β-lactam (4-membered cyclic amide) rings is 1. The number of carbonyl (C=O) groups excluding carboxylic acids is 2. The third-order valence-electron chi connectivity index (χ3n) is 5.49. The molecule has 1 aliphatic heterocycles. The van der Waals surface area contributed by atoms with E-state index in [9.17, 15) is 9.59 Å². The van der Waals surface area contributed by atoms with Crippen LogP contribution in [0.25, 0.3) is 0 Å². The monoisotopic (exact) mass is 391 g/mol. The zero-order valence-corrected chi connectivity index (χ0v) is 18.7. The summed E-state index contributed by atoms with van der Waals surface area (Å²) in [5.74, 6) is -0.308. The van der Waals surface area contributed by atoms with Crippen LogP contribution in [0, 0.1) is 0 Å². The molecule has 1 fully saturated rings. The summed E-state index contributed by atoms with van der Waals surface area (Å²) in [6.45, 7) is 13.6. The smallest absolute Gasteiger partial charge is 0.417 e. The zero-order valence-electron chi connectivity index (χ0n) is 17.7. The van der Waals surface area contributed by atoms with E-state index in [-0.39, 0.29) is 5.91 Å². The van der Waals surface area contributed by atoms with E-state index in [1.165, 1.54) is 4.90 Å². The number of hydrogen-bond donors (Lipinski definition) is 0. The van der Waals surface area contributed by atoms with Gasteiger partial charge >= 0.3 is 6.09 Å². The van der Waals surface area contributed by atoms with Crippen LogP contribution in [0.2, 0.25) is 18.1 Å². The van der Waals surface area contributed by atoms with Gasteiger partial charge in [-0.25, -0.2) is 9.69 Å². The Balaban J connectivity index is 2.43. The van der Waals surface area contributed by atoms with Gasteiger partial charge in [-0.15, -0.1) is 0 Å². The Morgan fingerprint density at radius 1 is 1.11 bits per heavy atom. The summed E-state index contributed by atoms with van der Waals surface area (Å²) in [6, 6.07) is 12.0. The number of imide groups is 1. The molecule has 1 aliphatic rings. The summed E-state index contributed by atoms with van der Waals surface area (Å²) in [4.78, 5) is 27.1. The Bertz CT molecular complexity index is 673. The van der Waals surface area contributed by atoms with Crippen molar-refractivity contribution in [1.82, 2.24) is 4.90 Å². The lowest BCUT2D eigenvalue weighted by atomic mass is 9.80. The molecule has 2 amide bonds. The maximum Gasteiger partial charge on any atom is 0.417 e. The lowest BCUT2D eigenvalue weighted by molar-refractivity contribution is -0.181. The molecule has 2 rings (SSSR count). The highest BCUT2D eigenvalue weighted by Gasteiger charge is 2.64. The predicted octanol–water partition coefficient (Wildman–Crippen LogP) is 5.29. The van der Waals surface area contributed by atoms with Crippen molar-refractivity contribution >= 4 is 20.3 Å². The van der Waals surface area contributed by atoms with Gasteiger partial charge in [0.2, 0.25) is 0 Å². The van der Waals surface area contributed by atoms with Gasteiger partial charge in [0.1, 0.15) is 11.6 Å². The van der Waals surface area contributed by atoms with Crippen LogP contribution < -0.4 is 0 Å². The Morgan fingerprint density at radius 2 is 1.63 bits per heavy atom. The number of rotatable bonds is 6. The zero-order chi connectivity index (χ0) is 20.5. The van der Waals surface area contributed by atoms with Crippen LogP contribution in [0.15, 0.2) is 30.3 Å². The number of likely N-dealkylation sites (tertiary alicyclic amines) is 1. The van der Waals surface area contributed by atoms with Crippen molar-refractivity contribution in [2.45, 2.75) is 83.8 Å². The largest absolute Gasteiger partial charge is 0.443 e. The topological polar surface area (TPSA) is 55.8 Å². The highest BCUT2D eigenvalue weighted by Crippen LogP contribution is 2.49. The first-order valence-electron chi connectivity index (χ1n) is 9.85. The van der Waals surface area contributed by atoms with E-state index in [2.05, 4.69) is 20.8 Å². The van der Waals surface area contributed by atoms with Gasteiger partial charge in [-0.05, 0) is 51.4 Å². The minimum Gasteiger partial charge on any atom is -0.443 e. The maximum atomic E-state index is 13.1.